The standard InChI is InChI=1S/C19H39ClS2/c1-6-8-10-12-14-17(15-13-11-9-7-2)18(16-20)21-22-19(3,4)5/h17-18H,6-16H2,1-5H3/t18-/m0/s1. The Bertz CT molecular complexity index is 226. The summed E-state index contributed by atoms with van der Waals surface area (Å²) < 4.78 is 0.323. The van der Waals surface area contributed by atoms with Crippen LogP contribution in [0.2, 0.25) is 0 Å². The summed E-state index contributed by atoms with van der Waals surface area (Å²) in [5.74, 6) is 1.62. The second-order valence-electron chi connectivity index (χ2n) is 7.44. The van der Waals surface area contributed by atoms with Crippen molar-refractivity contribution in [3.05, 3.63) is 0 Å². The van der Waals surface area contributed by atoms with E-state index in [1.54, 1.807) is 0 Å². The van der Waals surface area contributed by atoms with E-state index < -0.39 is 0 Å². The van der Waals surface area contributed by atoms with Gasteiger partial charge in [-0.3, -0.25) is 0 Å². The Balaban J connectivity index is 4.34. The highest BCUT2D eigenvalue weighted by molar-refractivity contribution is 8.77. The Labute approximate surface area is 153 Å². The maximum Gasteiger partial charge on any atom is 0.0353 e. The van der Waals surface area contributed by atoms with Crippen molar-refractivity contribution in [3.63, 3.8) is 0 Å². The van der Waals surface area contributed by atoms with Gasteiger partial charge in [-0.25, -0.2) is 0 Å². The molecule has 0 unspecified atom stereocenters. The molecule has 0 spiro atoms. The van der Waals surface area contributed by atoms with Crippen molar-refractivity contribution in [2.45, 2.75) is 109 Å². The quantitative estimate of drug-likeness (QED) is 0.172. The van der Waals surface area contributed by atoms with Crippen molar-refractivity contribution in [2.75, 3.05) is 5.88 Å². The lowest BCUT2D eigenvalue weighted by Crippen LogP contribution is -2.20. The third-order valence-corrected chi connectivity index (χ3v) is 8.40. The maximum absolute atomic E-state index is 6.34. The van der Waals surface area contributed by atoms with E-state index in [0.717, 1.165) is 11.8 Å². The van der Waals surface area contributed by atoms with Crippen LogP contribution in [0.4, 0.5) is 0 Å². The van der Waals surface area contributed by atoms with Crippen LogP contribution in [0, 0.1) is 5.92 Å². The minimum Gasteiger partial charge on any atom is -0.125 e. The van der Waals surface area contributed by atoms with Crippen LogP contribution in [0.1, 0.15) is 98.8 Å². The summed E-state index contributed by atoms with van der Waals surface area (Å²) in [5.41, 5.74) is 0. The number of halogens is 1. The van der Waals surface area contributed by atoms with Crippen molar-refractivity contribution in [2.24, 2.45) is 5.92 Å². The fraction of sp³-hybridized carbons (Fsp3) is 1.00. The van der Waals surface area contributed by atoms with E-state index in [9.17, 15) is 0 Å². The van der Waals surface area contributed by atoms with Gasteiger partial charge in [0.05, 0.1) is 0 Å². The van der Waals surface area contributed by atoms with Crippen molar-refractivity contribution in [1.82, 2.24) is 0 Å². The van der Waals surface area contributed by atoms with Crippen LogP contribution in [0.3, 0.4) is 0 Å². The summed E-state index contributed by atoms with van der Waals surface area (Å²) in [6, 6.07) is 0. The molecule has 0 heterocycles. The lowest BCUT2D eigenvalue weighted by atomic mass is 9.92. The molecule has 0 nitrogen and oxygen atoms in total. The van der Waals surface area contributed by atoms with Crippen molar-refractivity contribution in [1.29, 1.82) is 0 Å². The van der Waals surface area contributed by atoms with Crippen molar-refractivity contribution in [3.8, 4) is 0 Å². The molecule has 0 amide bonds. The zero-order chi connectivity index (χ0) is 16.8. The van der Waals surface area contributed by atoms with E-state index in [1.807, 2.05) is 21.6 Å². The van der Waals surface area contributed by atoms with Crippen LogP contribution >= 0.6 is 33.2 Å². The summed E-state index contributed by atoms with van der Waals surface area (Å²) in [5, 5.41) is 0.620. The molecule has 3 heteroatoms. The van der Waals surface area contributed by atoms with Gasteiger partial charge in [0.25, 0.3) is 0 Å². The number of rotatable bonds is 14. The molecular formula is C19H39ClS2. The Kier molecular flexibility index (Phi) is 15.0. The van der Waals surface area contributed by atoms with E-state index in [-0.39, 0.29) is 0 Å². The smallest absolute Gasteiger partial charge is 0.0353 e. The van der Waals surface area contributed by atoms with Gasteiger partial charge in [0.2, 0.25) is 0 Å². The van der Waals surface area contributed by atoms with Crippen LogP contribution in [0.15, 0.2) is 0 Å². The first-order valence-electron chi connectivity index (χ1n) is 9.35. The largest absolute Gasteiger partial charge is 0.125 e. The average Bonchev–Trinajstić information content (AvgIpc) is 2.46. The van der Waals surface area contributed by atoms with Gasteiger partial charge >= 0.3 is 0 Å². The van der Waals surface area contributed by atoms with Gasteiger partial charge in [-0.05, 0) is 18.8 Å². The zero-order valence-electron chi connectivity index (χ0n) is 15.6. The third kappa shape index (κ3) is 13.4. The van der Waals surface area contributed by atoms with Crippen LogP contribution in [-0.4, -0.2) is 15.9 Å². The molecule has 0 bridgehead atoms. The van der Waals surface area contributed by atoms with E-state index in [2.05, 4.69) is 34.6 Å². The van der Waals surface area contributed by atoms with E-state index in [0.29, 0.717) is 10.00 Å². The molecule has 0 rings (SSSR count). The van der Waals surface area contributed by atoms with Crippen LogP contribution in [-0.2, 0) is 0 Å². The molecule has 0 saturated heterocycles. The molecule has 134 valence electrons. The first-order chi connectivity index (χ1) is 10.4. The topological polar surface area (TPSA) is 0 Å². The Morgan fingerprint density at radius 2 is 1.32 bits per heavy atom. The fourth-order valence-electron chi connectivity index (χ4n) is 2.62. The molecular weight excluding hydrogens is 328 g/mol. The molecule has 0 aliphatic rings. The predicted molar refractivity (Wildman–Crippen MR) is 110 cm³/mol. The summed E-state index contributed by atoms with van der Waals surface area (Å²) in [7, 11) is 4.06. The van der Waals surface area contributed by atoms with Gasteiger partial charge in [0.15, 0.2) is 0 Å². The number of alkyl halides is 1. The highest BCUT2D eigenvalue weighted by atomic mass is 35.5. The van der Waals surface area contributed by atoms with Gasteiger partial charge in [-0.15, -0.1) is 11.6 Å². The summed E-state index contributed by atoms with van der Waals surface area (Å²) in [4.78, 5) is 0. The number of hydrogen-bond acceptors (Lipinski definition) is 2. The molecule has 0 radical (unpaired) electrons. The van der Waals surface area contributed by atoms with Crippen molar-refractivity contribution >= 4 is 33.2 Å². The molecule has 1 atom stereocenters. The zero-order valence-corrected chi connectivity index (χ0v) is 18.0. The Morgan fingerprint density at radius 3 is 1.68 bits per heavy atom. The second-order valence-corrected chi connectivity index (χ2v) is 11.0. The van der Waals surface area contributed by atoms with Crippen LogP contribution < -0.4 is 0 Å². The molecule has 0 saturated carbocycles. The monoisotopic (exact) mass is 366 g/mol. The maximum atomic E-state index is 6.34. The number of hydrogen-bond donors (Lipinski definition) is 0. The average molecular weight is 367 g/mol. The van der Waals surface area contributed by atoms with Crippen molar-refractivity contribution < 1.29 is 0 Å². The molecule has 0 N–H and O–H groups in total. The van der Waals surface area contributed by atoms with Gasteiger partial charge in [0.1, 0.15) is 0 Å². The summed E-state index contributed by atoms with van der Waals surface area (Å²) >= 11 is 6.34. The molecule has 0 aliphatic heterocycles. The summed E-state index contributed by atoms with van der Waals surface area (Å²) in [6.07, 6.45) is 13.8. The highest BCUT2D eigenvalue weighted by Crippen LogP contribution is 2.42. The lowest BCUT2D eigenvalue weighted by Gasteiger charge is -2.27. The lowest BCUT2D eigenvalue weighted by molar-refractivity contribution is 0.406. The molecule has 0 aromatic heterocycles. The van der Waals surface area contributed by atoms with Gasteiger partial charge in [-0.2, -0.15) is 0 Å². The SMILES string of the molecule is CCCCCCC(CCCCCC)[C@H](CCl)SSC(C)(C)C. The van der Waals surface area contributed by atoms with Gasteiger partial charge < -0.3 is 0 Å². The van der Waals surface area contributed by atoms with Crippen LogP contribution in [0.5, 0.6) is 0 Å². The first-order valence-corrected chi connectivity index (χ1v) is 12.1. The van der Waals surface area contributed by atoms with E-state index in [4.69, 9.17) is 11.6 Å². The molecule has 0 aliphatic carbocycles. The minimum atomic E-state index is 0.323. The Morgan fingerprint density at radius 1 is 0.818 bits per heavy atom. The van der Waals surface area contributed by atoms with Gasteiger partial charge in [-0.1, -0.05) is 108 Å². The molecule has 0 aromatic carbocycles. The van der Waals surface area contributed by atoms with Gasteiger partial charge in [0, 0.05) is 15.9 Å². The normalized spacial score (nSPS) is 13.8. The minimum absolute atomic E-state index is 0.323. The highest BCUT2D eigenvalue weighted by Gasteiger charge is 2.23. The first kappa shape index (κ1) is 23.0. The molecule has 0 aromatic rings. The van der Waals surface area contributed by atoms with Crippen LogP contribution in [0.25, 0.3) is 0 Å². The van der Waals surface area contributed by atoms with E-state index in [1.165, 1.54) is 64.2 Å². The molecule has 0 fully saturated rings. The third-order valence-electron chi connectivity index (χ3n) is 3.96. The van der Waals surface area contributed by atoms with E-state index >= 15 is 0 Å². The molecule has 22 heavy (non-hydrogen) atoms. The second kappa shape index (κ2) is 14.3. The fourth-order valence-corrected chi connectivity index (χ4v) is 6.09. The summed E-state index contributed by atoms with van der Waals surface area (Å²) in [6.45, 7) is 11.5. The number of unbranched alkanes of at least 4 members (excludes halogenated alkanes) is 6. The predicted octanol–water partition coefficient (Wildman–Crippen LogP) is 8.33. The Hall–Kier alpha value is 0.990.